The molecule has 2 N–H and O–H groups in total. The van der Waals surface area contributed by atoms with Crippen molar-refractivity contribution in [1.29, 1.82) is 0 Å². The number of hydrogen-bond acceptors (Lipinski definition) is 4. The first-order valence-electron chi connectivity index (χ1n) is 8.67. The molecule has 0 bridgehead atoms. The predicted octanol–water partition coefficient (Wildman–Crippen LogP) is 4.18. The van der Waals surface area contributed by atoms with Crippen LogP contribution in [0.5, 0.6) is 11.5 Å². The molecule has 0 aromatic heterocycles. The number of allylic oxidation sites excluding steroid dienone is 1. The van der Waals surface area contributed by atoms with E-state index in [-0.39, 0.29) is 11.5 Å². The second-order valence-corrected chi connectivity index (χ2v) is 6.14. The second-order valence-electron chi connectivity index (χ2n) is 6.14. The Morgan fingerprint density at radius 1 is 1.27 bits per heavy atom. The lowest BCUT2D eigenvalue weighted by atomic mass is 10.1. The molecule has 1 aliphatic rings. The first kappa shape index (κ1) is 17.7. The lowest BCUT2D eigenvalue weighted by molar-refractivity contribution is -0.113. The maximum Gasteiger partial charge on any atom is 0.178 e. The molecule has 0 fully saturated rings. The first-order valence-corrected chi connectivity index (χ1v) is 8.67. The van der Waals surface area contributed by atoms with Crippen LogP contribution in [0.15, 0.2) is 53.2 Å². The second kappa shape index (κ2) is 7.87. The van der Waals surface area contributed by atoms with Crippen molar-refractivity contribution in [3.63, 3.8) is 0 Å². The molecule has 0 saturated carbocycles. The van der Waals surface area contributed by atoms with Crippen molar-refractivity contribution < 1.29 is 14.6 Å². The minimum Gasteiger partial charge on any atom is -0.508 e. The number of phenolic OH excluding ortho intramolecular Hbond substituents is 1. The summed E-state index contributed by atoms with van der Waals surface area (Å²) in [7, 11) is 0. The van der Waals surface area contributed by atoms with Gasteiger partial charge in [-0.25, -0.2) is 4.99 Å². The Hall–Kier alpha value is -3.08. The van der Waals surface area contributed by atoms with E-state index >= 15 is 0 Å². The van der Waals surface area contributed by atoms with E-state index in [9.17, 15) is 9.90 Å². The predicted molar refractivity (Wildman–Crippen MR) is 104 cm³/mol. The van der Waals surface area contributed by atoms with Gasteiger partial charge in [0.25, 0.3) is 0 Å². The average Bonchev–Trinajstić information content (AvgIpc) is 3.09. The minimum atomic E-state index is -0.0970. The van der Waals surface area contributed by atoms with Crippen molar-refractivity contribution in [3.05, 3.63) is 59.3 Å². The fourth-order valence-electron chi connectivity index (χ4n) is 2.72. The van der Waals surface area contributed by atoms with Crippen LogP contribution in [0.2, 0.25) is 0 Å². The molecule has 0 radical (unpaired) electrons. The third kappa shape index (κ3) is 4.30. The van der Waals surface area contributed by atoms with Gasteiger partial charge < -0.3 is 15.2 Å². The van der Waals surface area contributed by atoms with Crippen molar-refractivity contribution in [3.8, 4) is 11.5 Å². The largest absolute Gasteiger partial charge is 0.508 e. The van der Waals surface area contributed by atoms with Crippen molar-refractivity contribution >= 4 is 23.4 Å². The molecule has 5 nitrogen and oxygen atoms in total. The standard InChI is InChI=1S/C21H22N2O3/c1-3-21(22-17-5-7-18(25)8-6-17)23-19(14(2)24)13-15-4-9-20-16(12-15)10-11-26-20/h4-9,12-13,25H,3,10-11H2,1-2H3,(H,22,23)/b19-13-. The number of Topliss-reactive ketones (excluding diaryl/α,β-unsaturated/α-hetero) is 1. The molecular weight excluding hydrogens is 328 g/mol. The number of aromatic hydroxyl groups is 1. The van der Waals surface area contributed by atoms with E-state index < -0.39 is 0 Å². The van der Waals surface area contributed by atoms with Crippen molar-refractivity contribution in [1.82, 2.24) is 0 Å². The number of aliphatic imine (C=N–C) groups is 1. The van der Waals surface area contributed by atoms with Crippen LogP contribution in [0, 0.1) is 0 Å². The van der Waals surface area contributed by atoms with E-state index in [0.717, 1.165) is 29.0 Å². The van der Waals surface area contributed by atoms with Gasteiger partial charge in [0.1, 0.15) is 23.0 Å². The SMILES string of the molecule is CCC(=N/C(=C\c1ccc2c(c1)CCO2)C(C)=O)Nc1ccc(O)cc1. The Balaban J connectivity index is 1.86. The van der Waals surface area contributed by atoms with Crippen LogP contribution in [0.4, 0.5) is 5.69 Å². The number of hydrogen-bond donors (Lipinski definition) is 2. The van der Waals surface area contributed by atoms with Gasteiger partial charge in [0.05, 0.1) is 6.61 Å². The third-order valence-electron chi connectivity index (χ3n) is 4.12. The van der Waals surface area contributed by atoms with E-state index in [1.807, 2.05) is 25.1 Å². The normalized spacial score (nSPS) is 13.9. The molecule has 2 aromatic rings. The Morgan fingerprint density at radius 2 is 2.04 bits per heavy atom. The third-order valence-corrected chi connectivity index (χ3v) is 4.12. The van der Waals surface area contributed by atoms with Crippen LogP contribution in [-0.4, -0.2) is 23.3 Å². The number of nitrogens with zero attached hydrogens (tertiary/aromatic N) is 1. The summed E-state index contributed by atoms with van der Waals surface area (Å²) in [5.41, 5.74) is 3.29. The molecule has 0 aliphatic carbocycles. The number of benzene rings is 2. The maximum atomic E-state index is 12.1. The van der Waals surface area contributed by atoms with Gasteiger partial charge in [0, 0.05) is 25.5 Å². The number of ketones is 1. The molecule has 26 heavy (non-hydrogen) atoms. The monoisotopic (exact) mass is 350 g/mol. The topological polar surface area (TPSA) is 70.9 Å². The van der Waals surface area contributed by atoms with Gasteiger partial charge in [0.15, 0.2) is 5.78 Å². The number of carbonyl (C=O) groups excluding carboxylic acids is 1. The first-order chi connectivity index (χ1) is 12.5. The summed E-state index contributed by atoms with van der Waals surface area (Å²) in [6.07, 6.45) is 3.33. The molecule has 0 amide bonds. The van der Waals surface area contributed by atoms with Gasteiger partial charge in [0.2, 0.25) is 0 Å². The minimum absolute atomic E-state index is 0.0970. The van der Waals surface area contributed by atoms with Gasteiger partial charge in [-0.15, -0.1) is 0 Å². The Kier molecular flexibility index (Phi) is 5.37. The zero-order valence-electron chi connectivity index (χ0n) is 15.0. The zero-order valence-corrected chi connectivity index (χ0v) is 15.0. The van der Waals surface area contributed by atoms with Crippen LogP contribution in [0.25, 0.3) is 6.08 Å². The van der Waals surface area contributed by atoms with Crippen molar-refractivity contribution in [2.75, 3.05) is 11.9 Å². The molecule has 3 rings (SSSR count). The summed E-state index contributed by atoms with van der Waals surface area (Å²) in [5, 5.41) is 12.6. The number of ether oxygens (including phenoxy) is 1. The van der Waals surface area contributed by atoms with E-state index in [1.54, 1.807) is 30.3 Å². The summed E-state index contributed by atoms with van der Waals surface area (Å²) in [4.78, 5) is 16.6. The molecule has 0 spiro atoms. The van der Waals surface area contributed by atoms with Gasteiger partial charge in [-0.1, -0.05) is 13.0 Å². The Labute approximate surface area is 153 Å². The summed E-state index contributed by atoms with van der Waals surface area (Å²) >= 11 is 0. The van der Waals surface area contributed by atoms with Crippen molar-refractivity contribution in [2.45, 2.75) is 26.7 Å². The Bertz CT molecular complexity index is 867. The number of phenols is 1. The van der Waals surface area contributed by atoms with E-state index in [2.05, 4.69) is 10.3 Å². The average molecular weight is 350 g/mol. The molecule has 5 heteroatoms. The maximum absolute atomic E-state index is 12.1. The van der Waals surface area contributed by atoms with Gasteiger partial charge in [-0.05, 0) is 53.6 Å². The van der Waals surface area contributed by atoms with Crippen LogP contribution in [0.1, 0.15) is 31.4 Å². The quantitative estimate of drug-likeness (QED) is 0.367. The van der Waals surface area contributed by atoms with E-state index in [0.29, 0.717) is 24.6 Å². The van der Waals surface area contributed by atoms with Gasteiger partial charge in [-0.2, -0.15) is 0 Å². The van der Waals surface area contributed by atoms with Crippen LogP contribution < -0.4 is 10.1 Å². The number of nitrogens with one attached hydrogen (secondary N) is 1. The molecular formula is C21H22N2O3. The fourth-order valence-corrected chi connectivity index (χ4v) is 2.72. The van der Waals surface area contributed by atoms with Crippen molar-refractivity contribution in [2.24, 2.45) is 4.99 Å². The summed E-state index contributed by atoms with van der Waals surface area (Å²) in [6.45, 7) is 4.19. The van der Waals surface area contributed by atoms with E-state index in [4.69, 9.17) is 4.74 Å². The van der Waals surface area contributed by atoms with Crippen LogP contribution in [0.3, 0.4) is 0 Å². The molecule has 0 saturated heterocycles. The number of amidine groups is 1. The molecule has 2 aromatic carbocycles. The summed E-state index contributed by atoms with van der Waals surface area (Å²) < 4.78 is 5.52. The van der Waals surface area contributed by atoms with E-state index in [1.165, 1.54) is 6.92 Å². The van der Waals surface area contributed by atoms with Crippen LogP contribution in [-0.2, 0) is 11.2 Å². The molecule has 1 aliphatic heterocycles. The Morgan fingerprint density at radius 3 is 2.73 bits per heavy atom. The highest BCUT2D eigenvalue weighted by molar-refractivity contribution is 6.03. The van der Waals surface area contributed by atoms with Crippen LogP contribution >= 0.6 is 0 Å². The lowest BCUT2D eigenvalue weighted by Crippen LogP contribution is -2.12. The van der Waals surface area contributed by atoms with Gasteiger partial charge in [-0.3, -0.25) is 4.79 Å². The molecule has 134 valence electrons. The molecule has 0 atom stereocenters. The number of rotatable bonds is 5. The highest BCUT2D eigenvalue weighted by Gasteiger charge is 2.12. The number of anilines is 1. The molecule has 0 unspecified atom stereocenters. The number of fused-ring (bicyclic) bond motifs is 1. The number of carbonyl (C=O) groups is 1. The summed E-state index contributed by atoms with van der Waals surface area (Å²) in [5.74, 6) is 1.70. The fraction of sp³-hybridized carbons (Fsp3) is 0.238. The summed E-state index contributed by atoms with van der Waals surface area (Å²) in [6, 6.07) is 12.6. The highest BCUT2D eigenvalue weighted by Crippen LogP contribution is 2.27. The molecule has 1 heterocycles. The lowest BCUT2D eigenvalue weighted by Gasteiger charge is -2.09. The van der Waals surface area contributed by atoms with Gasteiger partial charge >= 0.3 is 0 Å². The highest BCUT2D eigenvalue weighted by atomic mass is 16.5. The smallest absolute Gasteiger partial charge is 0.178 e. The zero-order chi connectivity index (χ0) is 18.5.